The molecule has 4 heterocycles. The van der Waals surface area contributed by atoms with E-state index in [9.17, 15) is 0 Å². The van der Waals surface area contributed by atoms with Gasteiger partial charge in [0.1, 0.15) is 17.2 Å². The van der Waals surface area contributed by atoms with Crippen LogP contribution < -0.4 is 9.30 Å². The monoisotopic (exact) mass is 1060 g/mol. The molecule has 67 heavy (non-hydrogen) atoms. The van der Waals surface area contributed by atoms with Crippen molar-refractivity contribution in [3.8, 4) is 50.9 Å². The molecule has 0 bridgehead atoms. The minimum Gasteiger partial charge on any atom is -0.519 e. The first kappa shape index (κ1) is 32.1. The van der Waals surface area contributed by atoms with E-state index in [-0.39, 0.29) is 71.4 Å². The molecule has 0 unspecified atom stereocenters. The number of rotatable bonds is 7. The van der Waals surface area contributed by atoms with Crippen molar-refractivity contribution >= 4 is 54.8 Å². The average molecular weight is 1060 g/mol. The van der Waals surface area contributed by atoms with Gasteiger partial charge in [-0.05, 0) is 87.1 Å². The Kier molecular flexibility index (Phi) is 7.85. The van der Waals surface area contributed by atoms with E-state index in [0.29, 0.717) is 50.0 Å². The van der Waals surface area contributed by atoms with E-state index >= 15 is 4.39 Å². The van der Waals surface area contributed by atoms with Crippen molar-refractivity contribution in [2.45, 2.75) is 33.1 Å². The van der Waals surface area contributed by atoms with Gasteiger partial charge in [0.2, 0.25) is 0 Å². The van der Waals surface area contributed by atoms with Crippen LogP contribution in [0.25, 0.3) is 94.2 Å². The summed E-state index contributed by atoms with van der Waals surface area (Å²) in [7, 11) is 0. The third-order valence-corrected chi connectivity index (χ3v) is 11.9. The summed E-state index contributed by atoms with van der Waals surface area (Å²) >= 11 is 0. The number of nitrogens with zero attached hydrogens (tertiary/aromatic N) is 4. The van der Waals surface area contributed by atoms with Gasteiger partial charge >= 0.3 is 0 Å². The summed E-state index contributed by atoms with van der Waals surface area (Å²) in [6.07, 6.45) is 5.22. The number of fused-ring (bicyclic) bond motifs is 7. The summed E-state index contributed by atoms with van der Waals surface area (Å²) in [5.74, 6) is 0.764. The van der Waals surface area contributed by atoms with Gasteiger partial charge in [-0.15, -0.1) is 29.7 Å². The summed E-state index contributed by atoms with van der Waals surface area (Å²) < 4.78 is 122. The molecule has 0 amide bonds. The SMILES string of the molecule is [2H]c1c([2H])c([2H])c(-c2cccc(-c3c([2H])c([2H])c([2H])c([2H])c3[2H])c2-[n+]2[c-]n(-c3[c-]c(Oc4[c-]c5c(cc4)c4ccccc4n5-c4cc(C(C)(C)C)ccn4)cc4c3oc3cc(C)c(F)cc34)c3ccccc32)c([2H])c1[2H].[Pt]. The van der Waals surface area contributed by atoms with Crippen molar-refractivity contribution in [3.05, 3.63) is 211 Å². The first-order chi connectivity index (χ1) is 36.3. The van der Waals surface area contributed by atoms with Gasteiger partial charge in [0.25, 0.3) is 6.33 Å². The zero-order chi connectivity index (χ0) is 53.4. The number of aryl methyl sites for hydroxylation is 1. The van der Waals surface area contributed by atoms with E-state index in [1.165, 1.54) is 12.1 Å². The molecule has 8 aromatic carbocycles. The van der Waals surface area contributed by atoms with Gasteiger partial charge in [0, 0.05) is 55.2 Å². The molecule has 0 fully saturated rings. The van der Waals surface area contributed by atoms with Gasteiger partial charge in [-0.1, -0.05) is 153 Å². The molecule has 0 aliphatic heterocycles. The molecule has 12 aromatic rings. The minimum absolute atomic E-state index is 0. The van der Waals surface area contributed by atoms with Crippen LogP contribution in [0, 0.1) is 31.2 Å². The Hall–Kier alpha value is -7.60. The first-order valence-corrected chi connectivity index (χ1v) is 21.2. The Morgan fingerprint density at radius 3 is 2.13 bits per heavy atom. The Morgan fingerprint density at radius 2 is 1.40 bits per heavy atom. The maximum Gasteiger partial charge on any atom is 0.268 e. The van der Waals surface area contributed by atoms with E-state index in [2.05, 4.69) is 55.9 Å². The number of benzene rings is 8. The maximum atomic E-state index is 15.6. The molecule has 0 aliphatic carbocycles. The standard InChI is InChI=1S/C59H41FN4O2.Pt/c1-37-30-55-47(35-49(37)60)48-32-42(65-41-26-27-46-45-20-11-12-23-50(45)64(53(46)33-41)56-31-40(28-29-61-56)59(2,3)4)34-54(58(48)66-55)62-36-63(52-25-14-13-24-51(52)62)57-43(38-16-7-5-8-17-38)21-15-22-44(57)39-18-9-6-10-19-39;/h5-32,35H,1-4H3;/q-2;/i5D,6D,7D,8D,9D,10D,16D,17D,18D,19D;. The van der Waals surface area contributed by atoms with Gasteiger partial charge in [-0.2, -0.15) is 6.07 Å². The number of para-hydroxylation sites is 4. The van der Waals surface area contributed by atoms with E-state index < -0.39 is 66.2 Å². The molecule has 0 atom stereocenters. The van der Waals surface area contributed by atoms with Gasteiger partial charge in [-0.3, -0.25) is 4.57 Å². The number of pyridine rings is 1. The smallest absolute Gasteiger partial charge is 0.268 e. The van der Waals surface area contributed by atoms with Gasteiger partial charge in [-0.25, -0.2) is 9.37 Å². The van der Waals surface area contributed by atoms with Crippen LogP contribution in [0.5, 0.6) is 11.5 Å². The van der Waals surface area contributed by atoms with Gasteiger partial charge in [0.05, 0.1) is 30.4 Å². The Morgan fingerprint density at radius 1 is 0.701 bits per heavy atom. The molecule has 328 valence electrons. The molecular weight excluding hydrogens is 1010 g/mol. The third kappa shape index (κ3) is 7.13. The fraction of sp³-hybridized carbons (Fsp3) is 0.0847. The van der Waals surface area contributed by atoms with E-state index in [1.807, 2.05) is 36.4 Å². The summed E-state index contributed by atoms with van der Waals surface area (Å²) in [4.78, 5) is 4.82. The Balaban J connectivity index is 0.00000631. The fourth-order valence-electron chi connectivity index (χ4n) is 8.75. The van der Waals surface area contributed by atoms with Crippen LogP contribution in [0.15, 0.2) is 180 Å². The Labute approximate surface area is 415 Å². The van der Waals surface area contributed by atoms with Gasteiger partial charge < -0.3 is 18.3 Å². The van der Waals surface area contributed by atoms with Crippen LogP contribution in [0.4, 0.5) is 4.39 Å². The van der Waals surface area contributed by atoms with Crippen molar-refractivity contribution < 1.29 is 52.9 Å². The molecule has 0 saturated carbocycles. The predicted molar refractivity (Wildman–Crippen MR) is 262 cm³/mol. The molecule has 0 aliphatic rings. The minimum atomic E-state index is -0.608. The molecule has 0 N–H and O–H groups in total. The number of ether oxygens (including phenoxy) is 1. The van der Waals surface area contributed by atoms with E-state index in [1.54, 1.807) is 70.8 Å². The quantitative estimate of drug-likeness (QED) is 0.118. The second-order valence-corrected chi connectivity index (χ2v) is 17.1. The second-order valence-electron chi connectivity index (χ2n) is 17.1. The number of hydrogen-bond donors (Lipinski definition) is 0. The van der Waals surface area contributed by atoms with Crippen LogP contribution in [0.1, 0.15) is 45.6 Å². The fourth-order valence-corrected chi connectivity index (χ4v) is 8.75. The number of hydrogen-bond acceptors (Lipinski definition) is 3. The molecule has 4 aromatic heterocycles. The van der Waals surface area contributed by atoms with Crippen molar-refractivity contribution in [2.75, 3.05) is 0 Å². The maximum absolute atomic E-state index is 15.6. The summed E-state index contributed by atoms with van der Waals surface area (Å²) in [6, 6.07) is 33.6. The predicted octanol–water partition coefficient (Wildman–Crippen LogP) is 14.6. The van der Waals surface area contributed by atoms with E-state index in [0.717, 1.165) is 21.9 Å². The van der Waals surface area contributed by atoms with Crippen LogP contribution >= 0.6 is 0 Å². The topological polar surface area (TPSA) is 49.0 Å². The molecular formula is C59H41FN4O2Pt-2. The van der Waals surface area contributed by atoms with Crippen LogP contribution in [-0.4, -0.2) is 14.1 Å². The molecule has 8 heteroatoms. The Bertz CT molecular complexity index is 4340. The first-order valence-electron chi connectivity index (χ1n) is 26.2. The molecule has 12 rings (SSSR count). The number of furan rings is 1. The largest absolute Gasteiger partial charge is 0.519 e. The van der Waals surface area contributed by atoms with Crippen molar-refractivity contribution in [1.82, 2.24) is 14.1 Å². The second kappa shape index (κ2) is 16.4. The molecule has 0 saturated heterocycles. The van der Waals surface area contributed by atoms with Crippen molar-refractivity contribution in [3.63, 3.8) is 0 Å². The molecule has 0 radical (unpaired) electrons. The summed E-state index contributed by atoms with van der Waals surface area (Å²) in [6.45, 7) is 8.08. The van der Waals surface area contributed by atoms with E-state index in [4.69, 9.17) is 27.8 Å². The zero-order valence-corrected chi connectivity index (χ0v) is 38.5. The number of imidazole rings is 1. The third-order valence-electron chi connectivity index (χ3n) is 11.9. The van der Waals surface area contributed by atoms with Gasteiger partial charge in [0.15, 0.2) is 0 Å². The van der Waals surface area contributed by atoms with Crippen molar-refractivity contribution in [2.24, 2.45) is 0 Å². The van der Waals surface area contributed by atoms with Crippen molar-refractivity contribution in [1.29, 1.82) is 0 Å². The number of aromatic nitrogens is 4. The van der Waals surface area contributed by atoms with Crippen LogP contribution in [-0.2, 0) is 26.5 Å². The summed E-state index contributed by atoms with van der Waals surface area (Å²) in [5, 5.41) is 2.82. The van der Waals surface area contributed by atoms with Crippen LogP contribution in [0.2, 0.25) is 0 Å². The molecule has 0 spiro atoms. The normalized spacial score (nSPS) is 13.9. The van der Waals surface area contributed by atoms with Crippen LogP contribution in [0.3, 0.4) is 0 Å². The zero-order valence-electron chi connectivity index (χ0n) is 46.3. The number of halogens is 1. The average Bonchev–Trinajstić information content (AvgIpc) is 4.14. The summed E-state index contributed by atoms with van der Waals surface area (Å²) in [5.41, 5.74) is 4.59. The molecule has 6 nitrogen and oxygen atoms in total.